The van der Waals surface area contributed by atoms with E-state index in [9.17, 15) is 9.90 Å². The number of amides is 1. The smallest absolute Gasteiger partial charge is 0.234 e. The topological polar surface area (TPSA) is 73.1 Å². The van der Waals surface area contributed by atoms with Crippen molar-refractivity contribution in [2.45, 2.75) is 44.6 Å². The molecule has 0 heterocycles. The van der Waals surface area contributed by atoms with Gasteiger partial charge in [-0.2, -0.15) is 5.26 Å². The third-order valence-electron chi connectivity index (χ3n) is 5.55. The molecule has 19 heavy (non-hydrogen) atoms. The van der Waals surface area contributed by atoms with E-state index in [1.54, 1.807) is 0 Å². The third kappa shape index (κ3) is 2.36. The molecular weight excluding hydrogens is 240 g/mol. The molecule has 4 fully saturated rings. The van der Waals surface area contributed by atoms with Gasteiger partial charge in [0.2, 0.25) is 5.91 Å². The summed E-state index contributed by atoms with van der Waals surface area (Å²) in [5.41, 5.74) is 0. The number of hydrogen-bond donors (Lipinski definition) is 2. The van der Waals surface area contributed by atoms with E-state index in [1.165, 1.54) is 32.1 Å². The molecular formula is C15H22N2O2. The average Bonchev–Trinajstić information content (AvgIpc) is 2.36. The number of nitrogens with zero attached hydrogens (tertiary/aromatic N) is 1. The summed E-state index contributed by atoms with van der Waals surface area (Å²) in [4.78, 5) is 11.6. The normalized spacial score (nSPS) is 40.7. The van der Waals surface area contributed by atoms with Crippen molar-refractivity contribution in [3.05, 3.63) is 0 Å². The Kier molecular flexibility index (Phi) is 3.49. The third-order valence-corrected chi connectivity index (χ3v) is 5.55. The lowest BCUT2D eigenvalue weighted by Crippen LogP contribution is -2.55. The SMILES string of the molecule is N#CCC(=O)NC(CO)C1C2CC3CC(C2)CC1C3. The van der Waals surface area contributed by atoms with Crippen molar-refractivity contribution in [1.29, 1.82) is 5.26 Å². The molecule has 4 aliphatic rings. The van der Waals surface area contributed by atoms with Crippen LogP contribution in [0, 0.1) is 40.9 Å². The van der Waals surface area contributed by atoms with Crippen molar-refractivity contribution < 1.29 is 9.90 Å². The van der Waals surface area contributed by atoms with Crippen LogP contribution >= 0.6 is 0 Å². The maximum atomic E-state index is 11.6. The van der Waals surface area contributed by atoms with Gasteiger partial charge in [0.15, 0.2) is 0 Å². The Morgan fingerprint density at radius 1 is 1.21 bits per heavy atom. The van der Waals surface area contributed by atoms with Gasteiger partial charge in [0.1, 0.15) is 6.42 Å². The second-order valence-corrected chi connectivity index (χ2v) is 6.70. The number of nitrogens with one attached hydrogen (secondary N) is 1. The molecule has 4 saturated carbocycles. The van der Waals surface area contributed by atoms with Crippen LogP contribution in [0.3, 0.4) is 0 Å². The molecule has 0 aromatic rings. The average molecular weight is 262 g/mol. The minimum absolute atomic E-state index is 0.00414. The maximum absolute atomic E-state index is 11.6. The molecule has 1 atom stereocenters. The number of carbonyl (C=O) groups is 1. The minimum atomic E-state index is -0.240. The molecule has 1 unspecified atom stereocenters. The first kappa shape index (κ1) is 12.9. The van der Waals surface area contributed by atoms with E-state index >= 15 is 0 Å². The summed E-state index contributed by atoms with van der Waals surface area (Å²) in [5, 5.41) is 21.1. The van der Waals surface area contributed by atoms with Crippen LogP contribution in [0.25, 0.3) is 0 Å². The predicted molar refractivity (Wildman–Crippen MR) is 69.8 cm³/mol. The molecule has 0 radical (unpaired) electrons. The summed E-state index contributed by atoms with van der Waals surface area (Å²) in [6.07, 6.45) is 6.42. The van der Waals surface area contributed by atoms with Crippen molar-refractivity contribution in [1.82, 2.24) is 5.32 Å². The summed E-state index contributed by atoms with van der Waals surface area (Å²) in [7, 11) is 0. The summed E-state index contributed by atoms with van der Waals surface area (Å²) in [6, 6.07) is 1.73. The molecule has 0 saturated heterocycles. The van der Waals surface area contributed by atoms with Gasteiger partial charge in [-0.1, -0.05) is 0 Å². The van der Waals surface area contributed by atoms with Crippen LogP contribution < -0.4 is 5.32 Å². The molecule has 0 aromatic heterocycles. The Bertz CT molecular complexity index is 373. The number of carbonyl (C=O) groups excluding carboxylic acids is 1. The van der Waals surface area contributed by atoms with Crippen LogP contribution in [0.2, 0.25) is 0 Å². The lowest BCUT2D eigenvalue weighted by atomic mass is 9.50. The largest absolute Gasteiger partial charge is 0.394 e. The van der Waals surface area contributed by atoms with Gasteiger partial charge < -0.3 is 10.4 Å². The Labute approximate surface area is 114 Å². The van der Waals surface area contributed by atoms with Gasteiger partial charge in [0, 0.05) is 0 Å². The van der Waals surface area contributed by atoms with Crippen LogP contribution in [-0.4, -0.2) is 23.7 Å². The molecule has 4 nitrogen and oxygen atoms in total. The highest BCUT2D eigenvalue weighted by Gasteiger charge is 2.50. The molecule has 4 bridgehead atoms. The van der Waals surface area contributed by atoms with E-state index in [0.29, 0.717) is 17.8 Å². The molecule has 1 amide bonds. The van der Waals surface area contributed by atoms with E-state index in [-0.39, 0.29) is 25.0 Å². The van der Waals surface area contributed by atoms with Crippen molar-refractivity contribution in [3.63, 3.8) is 0 Å². The van der Waals surface area contributed by atoms with Crippen molar-refractivity contribution in [2.24, 2.45) is 29.6 Å². The van der Waals surface area contributed by atoms with Gasteiger partial charge in [-0.15, -0.1) is 0 Å². The number of rotatable bonds is 4. The monoisotopic (exact) mass is 262 g/mol. The Morgan fingerprint density at radius 2 is 1.79 bits per heavy atom. The van der Waals surface area contributed by atoms with E-state index in [4.69, 9.17) is 5.26 Å². The predicted octanol–water partition coefficient (Wildman–Crippen LogP) is 1.45. The first-order valence-corrected chi connectivity index (χ1v) is 7.48. The number of nitriles is 1. The highest BCUT2D eigenvalue weighted by molar-refractivity contribution is 5.78. The second-order valence-electron chi connectivity index (χ2n) is 6.70. The lowest BCUT2D eigenvalue weighted by molar-refractivity contribution is -0.123. The van der Waals surface area contributed by atoms with Gasteiger partial charge in [-0.3, -0.25) is 4.79 Å². The van der Waals surface area contributed by atoms with Crippen LogP contribution in [0.4, 0.5) is 0 Å². The Morgan fingerprint density at radius 3 is 2.26 bits per heavy atom. The minimum Gasteiger partial charge on any atom is -0.394 e. The summed E-state index contributed by atoms with van der Waals surface area (Å²) < 4.78 is 0. The Balaban J connectivity index is 1.70. The molecule has 0 spiro atoms. The van der Waals surface area contributed by atoms with E-state index in [0.717, 1.165) is 11.8 Å². The van der Waals surface area contributed by atoms with Crippen molar-refractivity contribution in [2.75, 3.05) is 6.61 Å². The Hall–Kier alpha value is -1.08. The lowest BCUT2D eigenvalue weighted by Gasteiger charge is -2.56. The molecule has 0 aliphatic heterocycles. The molecule has 104 valence electrons. The van der Waals surface area contributed by atoms with Crippen LogP contribution in [0.1, 0.15) is 38.5 Å². The molecule has 4 rings (SSSR count). The first-order valence-electron chi connectivity index (χ1n) is 7.48. The zero-order valence-electron chi connectivity index (χ0n) is 11.2. The second kappa shape index (κ2) is 5.13. The van der Waals surface area contributed by atoms with Crippen molar-refractivity contribution >= 4 is 5.91 Å². The fraction of sp³-hybridized carbons (Fsp3) is 0.867. The fourth-order valence-corrected chi connectivity index (χ4v) is 5.22. The maximum Gasteiger partial charge on any atom is 0.234 e. The van der Waals surface area contributed by atoms with Gasteiger partial charge in [-0.25, -0.2) is 0 Å². The van der Waals surface area contributed by atoms with Crippen LogP contribution in [0.15, 0.2) is 0 Å². The molecule has 4 aliphatic carbocycles. The highest BCUT2D eigenvalue weighted by Crippen LogP contribution is 2.57. The summed E-state index contributed by atoms with van der Waals surface area (Å²) in [6.45, 7) is 0.00414. The molecule has 4 heteroatoms. The van der Waals surface area contributed by atoms with Gasteiger partial charge in [-0.05, 0) is 61.7 Å². The summed E-state index contributed by atoms with van der Waals surface area (Å²) >= 11 is 0. The summed E-state index contributed by atoms with van der Waals surface area (Å²) in [5.74, 6) is 3.34. The zero-order valence-corrected chi connectivity index (χ0v) is 11.2. The van der Waals surface area contributed by atoms with Crippen LogP contribution in [-0.2, 0) is 4.79 Å². The van der Waals surface area contributed by atoms with E-state index < -0.39 is 0 Å². The molecule has 0 aromatic carbocycles. The first-order chi connectivity index (χ1) is 9.21. The van der Waals surface area contributed by atoms with Crippen LogP contribution in [0.5, 0.6) is 0 Å². The highest BCUT2D eigenvalue weighted by atomic mass is 16.3. The van der Waals surface area contributed by atoms with E-state index in [2.05, 4.69) is 5.32 Å². The van der Waals surface area contributed by atoms with Gasteiger partial charge in [0.25, 0.3) is 0 Å². The number of hydrogen-bond acceptors (Lipinski definition) is 3. The quantitative estimate of drug-likeness (QED) is 0.805. The van der Waals surface area contributed by atoms with Crippen molar-refractivity contribution in [3.8, 4) is 6.07 Å². The molecule has 2 N–H and O–H groups in total. The standard InChI is InChI=1S/C15H22N2O2/c16-2-1-14(19)17-13(8-18)15-11-4-9-3-10(6-11)7-12(15)5-9/h9-13,15,18H,1,3-8H2,(H,17,19). The van der Waals surface area contributed by atoms with Gasteiger partial charge >= 0.3 is 0 Å². The fourth-order valence-electron chi connectivity index (χ4n) is 5.22. The number of aliphatic hydroxyl groups is 1. The van der Waals surface area contributed by atoms with Gasteiger partial charge in [0.05, 0.1) is 18.7 Å². The number of aliphatic hydroxyl groups excluding tert-OH is 1. The zero-order chi connectivity index (χ0) is 13.4. The van der Waals surface area contributed by atoms with E-state index in [1.807, 2.05) is 6.07 Å².